The van der Waals surface area contributed by atoms with Gasteiger partial charge in [-0.15, -0.1) is 0 Å². The molecule has 2 atom stereocenters. The van der Waals surface area contributed by atoms with E-state index < -0.39 is 6.10 Å². The van der Waals surface area contributed by atoms with E-state index in [0.717, 1.165) is 5.56 Å². The van der Waals surface area contributed by atoms with E-state index in [2.05, 4.69) is 19.9 Å². The van der Waals surface area contributed by atoms with Crippen LogP contribution in [0.25, 0.3) is 0 Å². The Balaban J connectivity index is 2.76. The first-order valence-electron chi connectivity index (χ1n) is 6.18. The van der Waals surface area contributed by atoms with Gasteiger partial charge in [0.05, 0.1) is 0 Å². The summed E-state index contributed by atoms with van der Waals surface area (Å²) in [6.07, 6.45) is 3.13. The molecule has 0 aromatic heterocycles. The Labute approximate surface area is 104 Å². The van der Waals surface area contributed by atoms with E-state index in [1.54, 1.807) is 0 Å². The van der Waals surface area contributed by atoms with E-state index in [9.17, 15) is 5.11 Å². The molecule has 0 spiro atoms. The maximum absolute atomic E-state index is 10.2. The van der Waals surface area contributed by atoms with Crippen LogP contribution in [0.5, 0.6) is 0 Å². The normalized spacial score (nSPS) is 15.4. The molecule has 1 aromatic rings. The van der Waals surface area contributed by atoms with Crippen LogP contribution in [0.4, 0.5) is 0 Å². The number of aliphatic hydroxyl groups is 1. The Morgan fingerprint density at radius 3 is 2.35 bits per heavy atom. The van der Waals surface area contributed by atoms with Crippen molar-refractivity contribution in [2.45, 2.75) is 33.0 Å². The average molecular weight is 234 g/mol. The van der Waals surface area contributed by atoms with Crippen LogP contribution in [-0.4, -0.2) is 17.8 Å². The highest BCUT2D eigenvalue weighted by Gasteiger charge is 2.18. The quantitative estimate of drug-likeness (QED) is 0.765. The van der Waals surface area contributed by atoms with Crippen molar-refractivity contribution < 1.29 is 9.84 Å². The highest BCUT2D eigenvalue weighted by Crippen LogP contribution is 2.20. The molecule has 94 valence electrons. The summed E-state index contributed by atoms with van der Waals surface area (Å²) in [7, 11) is 0. The van der Waals surface area contributed by atoms with Gasteiger partial charge < -0.3 is 9.84 Å². The maximum Gasteiger partial charge on any atom is 0.109 e. The van der Waals surface area contributed by atoms with Crippen molar-refractivity contribution in [2.75, 3.05) is 6.61 Å². The first-order chi connectivity index (χ1) is 8.15. The summed E-state index contributed by atoms with van der Waals surface area (Å²) in [5, 5.41) is 10.2. The fourth-order valence-corrected chi connectivity index (χ4v) is 1.62. The van der Waals surface area contributed by atoms with Crippen molar-refractivity contribution in [3.8, 4) is 0 Å². The van der Waals surface area contributed by atoms with Crippen LogP contribution < -0.4 is 0 Å². The van der Waals surface area contributed by atoms with E-state index >= 15 is 0 Å². The van der Waals surface area contributed by atoms with Gasteiger partial charge in [0, 0.05) is 6.61 Å². The Morgan fingerprint density at radius 1 is 1.18 bits per heavy atom. The Bertz CT molecular complexity index is 330. The molecule has 1 rings (SSSR count). The van der Waals surface area contributed by atoms with E-state index in [4.69, 9.17) is 4.74 Å². The van der Waals surface area contributed by atoms with E-state index in [0.29, 0.717) is 12.5 Å². The standard InChI is InChI=1S/C15H22O2/c1-4-17-14(11-10-12(2)3)15(16)13-8-6-5-7-9-13/h5-12,14-16H,4H2,1-3H3/b11-10+/t14-,15+/m0/s1. The van der Waals surface area contributed by atoms with Crippen LogP contribution in [-0.2, 0) is 4.74 Å². The van der Waals surface area contributed by atoms with Gasteiger partial charge in [0.1, 0.15) is 12.2 Å². The molecule has 0 amide bonds. The zero-order chi connectivity index (χ0) is 12.7. The number of benzene rings is 1. The second-order valence-electron chi connectivity index (χ2n) is 4.40. The summed E-state index contributed by atoms with van der Waals surface area (Å²) < 4.78 is 5.57. The lowest BCUT2D eigenvalue weighted by molar-refractivity contribution is -0.00598. The van der Waals surface area contributed by atoms with Crippen LogP contribution in [0.3, 0.4) is 0 Å². The predicted molar refractivity (Wildman–Crippen MR) is 70.8 cm³/mol. The van der Waals surface area contributed by atoms with Gasteiger partial charge in [-0.05, 0) is 18.4 Å². The Hall–Kier alpha value is -1.12. The van der Waals surface area contributed by atoms with Crippen molar-refractivity contribution in [1.82, 2.24) is 0 Å². The lowest BCUT2D eigenvalue weighted by atomic mass is 10.0. The predicted octanol–water partition coefficient (Wildman–Crippen LogP) is 3.34. The van der Waals surface area contributed by atoms with E-state index in [1.807, 2.05) is 43.3 Å². The Kier molecular flexibility index (Phi) is 5.95. The first kappa shape index (κ1) is 13.9. The van der Waals surface area contributed by atoms with Crippen molar-refractivity contribution in [1.29, 1.82) is 0 Å². The van der Waals surface area contributed by atoms with Crippen molar-refractivity contribution in [3.63, 3.8) is 0 Å². The summed E-state index contributed by atoms with van der Waals surface area (Å²) in [4.78, 5) is 0. The molecule has 0 saturated heterocycles. The number of hydrogen-bond donors (Lipinski definition) is 1. The van der Waals surface area contributed by atoms with Gasteiger partial charge in [-0.3, -0.25) is 0 Å². The fraction of sp³-hybridized carbons (Fsp3) is 0.467. The van der Waals surface area contributed by atoms with Gasteiger partial charge in [0.25, 0.3) is 0 Å². The third kappa shape index (κ3) is 4.72. The molecule has 0 aliphatic heterocycles. The molecule has 0 fully saturated rings. The molecule has 0 aliphatic carbocycles. The molecular weight excluding hydrogens is 212 g/mol. The van der Waals surface area contributed by atoms with Gasteiger partial charge in [0.15, 0.2) is 0 Å². The molecule has 1 aromatic carbocycles. The van der Waals surface area contributed by atoms with Gasteiger partial charge >= 0.3 is 0 Å². The van der Waals surface area contributed by atoms with Gasteiger partial charge in [-0.2, -0.15) is 0 Å². The number of aliphatic hydroxyl groups excluding tert-OH is 1. The van der Waals surface area contributed by atoms with Gasteiger partial charge in [-0.25, -0.2) is 0 Å². The van der Waals surface area contributed by atoms with Crippen LogP contribution >= 0.6 is 0 Å². The van der Waals surface area contributed by atoms with Gasteiger partial charge in [-0.1, -0.05) is 56.3 Å². The van der Waals surface area contributed by atoms with E-state index in [-0.39, 0.29) is 6.10 Å². The molecule has 0 saturated carbocycles. The zero-order valence-corrected chi connectivity index (χ0v) is 10.8. The number of allylic oxidation sites excluding steroid dienone is 1. The molecule has 1 N–H and O–H groups in total. The SMILES string of the molecule is CCO[C@@H](/C=C/C(C)C)[C@H](O)c1ccccc1. The summed E-state index contributed by atoms with van der Waals surface area (Å²) in [6, 6.07) is 9.62. The second-order valence-corrected chi connectivity index (χ2v) is 4.40. The Morgan fingerprint density at radius 2 is 1.82 bits per heavy atom. The molecule has 2 heteroatoms. The smallest absolute Gasteiger partial charge is 0.109 e. The van der Waals surface area contributed by atoms with Crippen LogP contribution in [0, 0.1) is 5.92 Å². The average Bonchev–Trinajstić information content (AvgIpc) is 2.34. The van der Waals surface area contributed by atoms with Crippen molar-refractivity contribution in [2.24, 2.45) is 5.92 Å². The van der Waals surface area contributed by atoms with Crippen LogP contribution in [0.15, 0.2) is 42.5 Å². The minimum atomic E-state index is -0.605. The minimum absolute atomic E-state index is 0.273. The molecule has 0 unspecified atom stereocenters. The molecule has 2 nitrogen and oxygen atoms in total. The highest BCUT2D eigenvalue weighted by atomic mass is 16.5. The minimum Gasteiger partial charge on any atom is -0.385 e. The third-order valence-electron chi connectivity index (χ3n) is 2.50. The van der Waals surface area contributed by atoms with Crippen LogP contribution in [0.1, 0.15) is 32.4 Å². The van der Waals surface area contributed by atoms with Crippen LogP contribution in [0.2, 0.25) is 0 Å². The zero-order valence-electron chi connectivity index (χ0n) is 10.8. The maximum atomic E-state index is 10.2. The molecular formula is C15H22O2. The molecule has 0 aliphatic rings. The lowest BCUT2D eigenvalue weighted by Crippen LogP contribution is -2.20. The molecule has 17 heavy (non-hydrogen) atoms. The first-order valence-corrected chi connectivity index (χ1v) is 6.18. The van der Waals surface area contributed by atoms with E-state index in [1.165, 1.54) is 0 Å². The number of ether oxygens (including phenoxy) is 1. The number of hydrogen-bond acceptors (Lipinski definition) is 2. The van der Waals surface area contributed by atoms with Crippen molar-refractivity contribution in [3.05, 3.63) is 48.0 Å². The molecule has 0 bridgehead atoms. The summed E-state index contributed by atoms with van der Waals surface area (Å²) >= 11 is 0. The lowest BCUT2D eigenvalue weighted by Gasteiger charge is -2.20. The molecule has 0 radical (unpaired) electrons. The summed E-state index contributed by atoms with van der Waals surface area (Å²) in [5.74, 6) is 0.459. The summed E-state index contributed by atoms with van der Waals surface area (Å²) in [6.45, 7) is 6.74. The second kappa shape index (κ2) is 7.25. The number of rotatable bonds is 6. The van der Waals surface area contributed by atoms with Gasteiger partial charge in [0.2, 0.25) is 0 Å². The summed E-state index contributed by atoms with van der Waals surface area (Å²) in [5.41, 5.74) is 0.888. The third-order valence-corrected chi connectivity index (χ3v) is 2.50. The topological polar surface area (TPSA) is 29.5 Å². The highest BCUT2D eigenvalue weighted by molar-refractivity contribution is 5.20. The largest absolute Gasteiger partial charge is 0.385 e. The monoisotopic (exact) mass is 234 g/mol. The molecule has 0 heterocycles. The fourth-order valence-electron chi connectivity index (χ4n) is 1.62. The van der Waals surface area contributed by atoms with Crippen molar-refractivity contribution >= 4 is 0 Å².